The van der Waals surface area contributed by atoms with Crippen molar-refractivity contribution in [2.45, 2.75) is 19.5 Å². The Morgan fingerprint density at radius 2 is 1.96 bits per heavy atom. The molecule has 0 saturated heterocycles. The smallest absolute Gasteiger partial charge is 0.174 e. The normalized spacial score (nSPS) is 16.2. The van der Waals surface area contributed by atoms with Crippen LogP contribution >= 0.6 is 23.8 Å². The van der Waals surface area contributed by atoms with Crippen molar-refractivity contribution in [1.82, 2.24) is 14.5 Å². The van der Waals surface area contributed by atoms with Crippen molar-refractivity contribution in [1.29, 1.82) is 0 Å². The molecule has 1 aliphatic rings. The van der Waals surface area contributed by atoms with Crippen molar-refractivity contribution in [2.75, 3.05) is 11.9 Å². The highest BCUT2D eigenvalue weighted by Crippen LogP contribution is 2.33. The summed E-state index contributed by atoms with van der Waals surface area (Å²) in [4.78, 5) is 6.39. The molecule has 1 N–H and O–H groups in total. The van der Waals surface area contributed by atoms with Crippen molar-refractivity contribution in [3.8, 4) is 0 Å². The summed E-state index contributed by atoms with van der Waals surface area (Å²) in [5.74, 6) is 0. The number of pyridine rings is 1. The van der Waals surface area contributed by atoms with Crippen LogP contribution in [-0.4, -0.2) is 26.1 Å². The van der Waals surface area contributed by atoms with Crippen LogP contribution in [0.25, 0.3) is 0 Å². The molecule has 3 heterocycles. The largest absolute Gasteiger partial charge is 0.348 e. The first-order valence-electron chi connectivity index (χ1n) is 8.53. The Morgan fingerprint density at radius 3 is 2.77 bits per heavy atom. The summed E-state index contributed by atoms with van der Waals surface area (Å²) in [6, 6.07) is 14.2. The van der Waals surface area contributed by atoms with Crippen LogP contribution in [0.15, 0.2) is 61.1 Å². The standard InChI is InChI=1S/C20H19ClN4S/c1-14-16(21)4-2-5-17(14)23-20(26)25-13-12-24-11-3-6-18(24)19(25)15-7-9-22-10-8-15/h2-11,19H,12-13H2,1H3,(H,23,26)/t19-/m1/s1. The summed E-state index contributed by atoms with van der Waals surface area (Å²) in [7, 11) is 0. The number of hydrogen-bond acceptors (Lipinski definition) is 2. The van der Waals surface area contributed by atoms with Gasteiger partial charge in [-0.15, -0.1) is 0 Å². The molecular weight excluding hydrogens is 364 g/mol. The minimum Gasteiger partial charge on any atom is -0.348 e. The summed E-state index contributed by atoms with van der Waals surface area (Å²) >= 11 is 12.0. The van der Waals surface area contributed by atoms with Gasteiger partial charge in [0.25, 0.3) is 0 Å². The fourth-order valence-electron chi connectivity index (χ4n) is 3.43. The summed E-state index contributed by atoms with van der Waals surface area (Å²) in [6.07, 6.45) is 5.78. The van der Waals surface area contributed by atoms with Gasteiger partial charge >= 0.3 is 0 Å². The Bertz CT molecular complexity index is 938. The molecule has 0 amide bonds. The highest BCUT2D eigenvalue weighted by atomic mass is 35.5. The first kappa shape index (κ1) is 17.1. The van der Waals surface area contributed by atoms with Crippen molar-refractivity contribution < 1.29 is 0 Å². The van der Waals surface area contributed by atoms with Crippen LogP contribution in [0.2, 0.25) is 5.02 Å². The molecule has 1 aliphatic heterocycles. The van der Waals surface area contributed by atoms with Gasteiger partial charge in [-0.05, 0) is 66.7 Å². The van der Waals surface area contributed by atoms with Gasteiger partial charge in [0.05, 0.1) is 6.04 Å². The molecule has 132 valence electrons. The van der Waals surface area contributed by atoms with E-state index in [-0.39, 0.29) is 6.04 Å². The van der Waals surface area contributed by atoms with E-state index in [0.29, 0.717) is 5.11 Å². The van der Waals surface area contributed by atoms with Crippen LogP contribution in [0.4, 0.5) is 5.69 Å². The molecule has 1 atom stereocenters. The first-order valence-corrected chi connectivity index (χ1v) is 9.31. The maximum Gasteiger partial charge on any atom is 0.174 e. The van der Waals surface area contributed by atoms with E-state index in [0.717, 1.165) is 29.4 Å². The van der Waals surface area contributed by atoms with Crippen LogP contribution in [-0.2, 0) is 6.54 Å². The molecule has 0 unspecified atom stereocenters. The Labute approximate surface area is 163 Å². The minimum atomic E-state index is 0.0567. The molecule has 0 saturated carbocycles. The molecule has 4 nitrogen and oxygen atoms in total. The first-order chi connectivity index (χ1) is 12.6. The molecule has 0 spiro atoms. The van der Waals surface area contributed by atoms with Gasteiger partial charge in [-0.25, -0.2) is 0 Å². The third kappa shape index (κ3) is 3.08. The molecule has 2 aromatic heterocycles. The lowest BCUT2D eigenvalue weighted by Crippen LogP contribution is -2.44. The number of benzene rings is 1. The van der Waals surface area contributed by atoms with Gasteiger partial charge < -0.3 is 14.8 Å². The van der Waals surface area contributed by atoms with Gasteiger partial charge in [0.15, 0.2) is 5.11 Å². The third-order valence-corrected chi connectivity index (χ3v) is 5.58. The Balaban J connectivity index is 1.68. The van der Waals surface area contributed by atoms with Crippen LogP contribution < -0.4 is 5.32 Å². The Hall–Kier alpha value is -2.37. The Kier molecular flexibility index (Phi) is 4.66. The van der Waals surface area contributed by atoms with E-state index in [2.05, 4.69) is 38.1 Å². The number of nitrogens with one attached hydrogen (secondary N) is 1. The van der Waals surface area contributed by atoms with Crippen LogP contribution in [0, 0.1) is 6.92 Å². The van der Waals surface area contributed by atoms with E-state index >= 15 is 0 Å². The number of aromatic nitrogens is 2. The van der Waals surface area contributed by atoms with Gasteiger partial charge in [-0.1, -0.05) is 17.7 Å². The number of anilines is 1. The van der Waals surface area contributed by atoms with Gasteiger partial charge in [0, 0.05) is 48.1 Å². The quantitative estimate of drug-likeness (QED) is 0.654. The lowest BCUT2D eigenvalue weighted by Gasteiger charge is -2.39. The fourth-order valence-corrected chi connectivity index (χ4v) is 3.91. The topological polar surface area (TPSA) is 33.1 Å². The van der Waals surface area contributed by atoms with Crippen molar-refractivity contribution >= 4 is 34.6 Å². The molecular formula is C20H19ClN4S. The van der Waals surface area contributed by atoms with E-state index < -0.39 is 0 Å². The molecule has 0 bridgehead atoms. The van der Waals surface area contributed by atoms with E-state index in [1.54, 1.807) is 0 Å². The Morgan fingerprint density at radius 1 is 1.15 bits per heavy atom. The zero-order chi connectivity index (χ0) is 18.1. The summed E-state index contributed by atoms with van der Waals surface area (Å²) in [5.41, 5.74) is 4.34. The summed E-state index contributed by atoms with van der Waals surface area (Å²) < 4.78 is 2.29. The highest BCUT2D eigenvalue weighted by Gasteiger charge is 2.30. The van der Waals surface area contributed by atoms with E-state index in [9.17, 15) is 0 Å². The van der Waals surface area contributed by atoms with E-state index in [1.807, 2.05) is 49.6 Å². The number of rotatable bonds is 2. The predicted octanol–water partition coefficient (Wildman–Crippen LogP) is 4.65. The number of nitrogens with zero attached hydrogens (tertiary/aromatic N) is 3. The van der Waals surface area contributed by atoms with Crippen molar-refractivity contribution in [3.05, 3.63) is 82.9 Å². The van der Waals surface area contributed by atoms with Gasteiger partial charge in [-0.2, -0.15) is 0 Å². The SMILES string of the molecule is Cc1c(Cl)cccc1NC(=S)N1CCn2cccc2[C@H]1c1ccncc1. The zero-order valence-electron chi connectivity index (χ0n) is 14.4. The second kappa shape index (κ2) is 7.09. The number of thiocarbonyl (C=S) groups is 1. The number of halogens is 1. The number of hydrogen-bond donors (Lipinski definition) is 1. The minimum absolute atomic E-state index is 0.0567. The zero-order valence-corrected chi connectivity index (χ0v) is 16.0. The van der Waals surface area contributed by atoms with Crippen molar-refractivity contribution in [3.63, 3.8) is 0 Å². The maximum atomic E-state index is 6.25. The molecule has 6 heteroatoms. The van der Waals surface area contributed by atoms with Crippen molar-refractivity contribution in [2.24, 2.45) is 0 Å². The maximum absolute atomic E-state index is 6.25. The second-order valence-corrected chi connectivity index (χ2v) is 7.14. The van der Waals surface area contributed by atoms with Crippen LogP contribution in [0.1, 0.15) is 22.9 Å². The van der Waals surface area contributed by atoms with Gasteiger partial charge in [-0.3, -0.25) is 4.98 Å². The van der Waals surface area contributed by atoms with Crippen LogP contribution in [0.3, 0.4) is 0 Å². The molecule has 1 aromatic carbocycles. The molecule has 0 aliphatic carbocycles. The second-order valence-electron chi connectivity index (χ2n) is 6.35. The number of fused-ring (bicyclic) bond motifs is 1. The van der Waals surface area contributed by atoms with Gasteiger partial charge in [0.1, 0.15) is 0 Å². The predicted molar refractivity (Wildman–Crippen MR) is 110 cm³/mol. The average molecular weight is 383 g/mol. The monoisotopic (exact) mass is 382 g/mol. The molecule has 0 radical (unpaired) electrons. The molecule has 4 rings (SSSR count). The fraction of sp³-hybridized carbons (Fsp3) is 0.200. The third-order valence-electron chi connectivity index (χ3n) is 4.83. The molecule has 0 fully saturated rings. The summed E-state index contributed by atoms with van der Waals surface area (Å²) in [5, 5.41) is 4.82. The summed E-state index contributed by atoms with van der Waals surface area (Å²) in [6.45, 7) is 3.73. The van der Waals surface area contributed by atoms with Gasteiger partial charge in [0.2, 0.25) is 0 Å². The molecule has 26 heavy (non-hydrogen) atoms. The molecule has 3 aromatic rings. The highest BCUT2D eigenvalue weighted by molar-refractivity contribution is 7.80. The lowest BCUT2D eigenvalue weighted by atomic mass is 10.0. The lowest BCUT2D eigenvalue weighted by molar-refractivity contribution is 0.293. The van der Waals surface area contributed by atoms with E-state index in [4.69, 9.17) is 23.8 Å². The average Bonchev–Trinajstić information content (AvgIpc) is 3.14. The van der Waals surface area contributed by atoms with Crippen LogP contribution in [0.5, 0.6) is 0 Å². The van der Waals surface area contributed by atoms with E-state index in [1.165, 1.54) is 11.3 Å².